The second-order valence-electron chi connectivity index (χ2n) is 3.86. The van der Waals surface area contributed by atoms with Crippen LogP contribution in [0.2, 0.25) is 10.0 Å². The minimum Gasteiger partial charge on any atom is -0.381 e. The number of nitrogens with zero attached hydrogens (tertiary/aromatic N) is 1. The minimum atomic E-state index is -0.444. The lowest BCUT2D eigenvalue weighted by Crippen LogP contribution is -2.03. The van der Waals surface area contributed by atoms with Gasteiger partial charge in [-0.05, 0) is 24.3 Å². The van der Waals surface area contributed by atoms with Crippen molar-refractivity contribution in [3.8, 4) is 0 Å². The first-order valence-electron chi connectivity index (χ1n) is 5.49. The summed E-state index contributed by atoms with van der Waals surface area (Å²) in [6, 6.07) is 11.7. The molecule has 2 aromatic rings. The monoisotopic (exact) mass is 296 g/mol. The van der Waals surface area contributed by atoms with Crippen LogP contribution in [0.25, 0.3) is 0 Å². The summed E-state index contributed by atoms with van der Waals surface area (Å²) in [4.78, 5) is 10.5. The summed E-state index contributed by atoms with van der Waals surface area (Å²) in [7, 11) is 0. The van der Waals surface area contributed by atoms with Crippen LogP contribution >= 0.6 is 23.2 Å². The molecule has 0 aliphatic carbocycles. The SMILES string of the molecule is O=[N+]([O-])c1cccc(Cl)c1CNc1cccc(Cl)c1. The van der Waals surface area contributed by atoms with Crippen LogP contribution in [0.15, 0.2) is 42.5 Å². The van der Waals surface area contributed by atoms with Crippen LogP contribution < -0.4 is 5.32 Å². The molecule has 0 aliphatic rings. The normalized spacial score (nSPS) is 10.2. The number of halogens is 2. The van der Waals surface area contributed by atoms with Crippen molar-refractivity contribution in [3.05, 3.63) is 68.2 Å². The Morgan fingerprint density at radius 2 is 1.89 bits per heavy atom. The molecule has 2 aromatic carbocycles. The lowest BCUT2D eigenvalue weighted by atomic mass is 10.1. The Morgan fingerprint density at radius 1 is 1.16 bits per heavy atom. The van der Waals surface area contributed by atoms with Crippen LogP contribution in [-0.2, 0) is 6.54 Å². The summed E-state index contributed by atoms with van der Waals surface area (Å²) in [5, 5.41) is 15.0. The minimum absolute atomic E-state index is 0.00188. The van der Waals surface area contributed by atoms with Crippen LogP contribution in [-0.4, -0.2) is 4.92 Å². The topological polar surface area (TPSA) is 55.2 Å². The van der Waals surface area contributed by atoms with E-state index in [1.54, 1.807) is 30.3 Å². The quantitative estimate of drug-likeness (QED) is 0.667. The Morgan fingerprint density at radius 3 is 2.58 bits per heavy atom. The molecule has 0 bridgehead atoms. The molecule has 0 fully saturated rings. The number of hydrogen-bond acceptors (Lipinski definition) is 3. The van der Waals surface area contributed by atoms with Gasteiger partial charge in [-0.2, -0.15) is 0 Å². The number of nitro benzene ring substituents is 1. The van der Waals surface area contributed by atoms with Gasteiger partial charge in [0.2, 0.25) is 0 Å². The van der Waals surface area contributed by atoms with Crippen LogP contribution in [0.5, 0.6) is 0 Å². The molecule has 6 heteroatoms. The smallest absolute Gasteiger partial charge is 0.275 e. The Hall–Kier alpha value is -1.78. The van der Waals surface area contributed by atoms with Gasteiger partial charge in [0.1, 0.15) is 0 Å². The number of anilines is 1. The van der Waals surface area contributed by atoms with Crippen molar-refractivity contribution in [2.45, 2.75) is 6.54 Å². The van der Waals surface area contributed by atoms with Gasteiger partial charge in [0.25, 0.3) is 5.69 Å². The molecule has 0 saturated carbocycles. The van der Waals surface area contributed by atoms with Crippen molar-refractivity contribution >= 4 is 34.6 Å². The van der Waals surface area contributed by atoms with Gasteiger partial charge in [0, 0.05) is 23.3 Å². The Balaban J connectivity index is 2.22. The van der Waals surface area contributed by atoms with E-state index in [9.17, 15) is 10.1 Å². The molecular weight excluding hydrogens is 287 g/mol. The molecule has 0 spiro atoms. The highest BCUT2D eigenvalue weighted by Crippen LogP contribution is 2.27. The zero-order chi connectivity index (χ0) is 13.8. The number of benzene rings is 2. The zero-order valence-electron chi connectivity index (χ0n) is 9.77. The van der Waals surface area contributed by atoms with Gasteiger partial charge in [-0.3, -0.25) is 10.1 Å². The Labute approximate surface area is 120 Å². The van der Waals surface area contributed by atoms with Gasteiger partial charge < -0.3 is 5.32 Å². The highest BCUT2D eigenvalue weighted by molar-refractivity contribution is 6.31. The lowest BCUT2D eigenvalue weighted by Gasteiger charge is -2.08. The Bertz CT molecular complexity index is 617. The molecule has 2 rings (SSSR count). The standard InChI is InChI=1S/C13H10Cl2N2O2/c14-9-3-1-4-10(7-9)16-8-11-12(15)5-2-6-13(11)17(18)19/h1-7,16H,8H2. The Kier molecular flexibility index (Phi) is 4.24. The molecule has 0 amide bonds. The average molecular weight is 297 g/mol. The second-order valence-corrected chi connectivity index (χ2v) is 4.70. The van der Waals surface area contributed by atoms with Crippen LogP contribution in [0.4, 0.5) is 11.4 Å². The predicted molar refractivity (Wildman–Crippen MR) is 76.9 cm³/mol. The fourth-order valence-corrected chi connectivity index (χ4v) is 2.11. The molecule has 1 N–H and O–H groups in total. The van der Waals surface area contributed by atoms with E-state index in [1.165, 1.54) is 6.07 Å². The van der Waals surface area contributed by atoms with E-state index >= 15 is 0 Å². The number of rotatable bonds is 4. The van der Waals surface area contributed by atoms with E-state index in [0.717, 1.165) is 5.69 Å². The summed E-state index contributed by atoms with van der Waals surface area (Å²) in [5.41, 5.74) is 1.23. The molecule has 98 valence electrons. The largest absolute Gasteiger partial charge is 0.381 e. The van der Waals surface area contributed by atoms with Crippen molar-refractivity contribution in [1.29, 1.82) is 0 Å². The van der Waals surface area contributed by atoms with Crippen LogP contribution in [0.1, 0.15) is 5.56 Å². The molecule has 0 aliphatic heterocycles. The lowest BCUT2D eigenvalue weighted by molar-refractivity contribution is -0.385. The third-order valence-corrected chi connectivity index (χ3v) is 3.17. The predicted octanol–water partition coefficient (Wildman–Crippen LogP) is 4.51. The summed E-state index contributed by atoms with van der Waals surface area (Å²) in [5.74, 6) is 0. The third kappa shape index (κ3) is 3.36. The first-order chi connectivity index (χ1) is 9.08. The van der Waals surface area contributed by atoms with E-state index < -0.39 is 4.92 Å². The first kappa shape index (κ1) is 13.6. The highest BCUT2D eigenvalue weighted by Gasteiger charge is 2.15. The van der Waals surface area contributed by atoms with Gasteiger partial charge in [-0.1, -0.05) is 35.3 Å². The van der Waals surface area contributed by atoms with Gasteiger partial charge >= 0.3 is 0 Å². The highest BCUT2D eigenvalue weighted by atomic mass is 35.5. The maximum absolute atomic E-state index is 10.9. The van der Waals surface area contributed by atoms with Crippen molar-refractivity contribution in [2.75, 3.05) is 5.32 Å². The van der Waals surface area contributed by atoms with Gasteiger partial charge in [-0.25, -0.2) is 0 Å². The zero-order valence-corrected chi connectivity index (χ0v) is 11.3. The average Bonchev–Trinajstić information content (AvgIpc) is 2.37. The van der Waals surface area contributed by atoms with E-state index in [1.807, 2.05) is 6.07 Å². The van der Waals surface area contributed by atoms with Crippen molar-refractivity contribution in [3.63, 3.8) is 0 Å². The number of hydrogen-bond donors (Lipinski definition) is 1. The molecular formula is C13H10Cl2N2O2. The summed E-state index contributed by atoms with van der Waals surface area (Å²) >= 11 is 11.9. The third-order valence-electron chi connectivity index (χ3n) is 2.58. The fraction of sp³-hybridized carbons (Fsp3) is 0.0769. The van der Waals surface area contributed by atoms with Crippen molar-refractivity contribution < 1.29 is 4.92 Å². The molecule has 19 heavy (non-hydrogen) atoms. The maximum atomic E-state index is 10.9. The molecule has 0 aromatic heterocycles. The van der Waals surface area contributed by atoms with E-state index in [4.69, 9.17) is 23.2 Å². The second kappa shape index (κ2) is 5.91. The maximum Gasteiger partial charge on any atom is 0.275 e. The van der Waals surface area contributed by atoms with Gasteiger partial charge in [0.05, 0.1) is 15.5 Å². The first-order valence-corrected chi connectivity index (χ1v) is 6.25. The molecule has 4 nitrogen and oxygen atoms in total. The summed E-state index contributed by atoms with van der Waals surface area (Å²) in [6.07, 6.45) is 0. The van der Waals surface area contributed by atoms with E-state index in [0.29, 0.717) is 15.6 Å². The van der Waals surface area contributed by atoms with Crippen molar-refractivity contribution in [1.82, 2.24) is 0 Å². The van der Waals surface area contributed by atoms with Gasteiger partial charge in [-0.15, -0.1) is 0 Å². The van der Waals surface area contributed by atoms with Crippen LogP contribution in [0.3, 0.4) is 0 Å². The molecule has 0 unspecified atom stereocenters. The van der Waals surface area contributed by atoms with Crippen LogP contribution in [0, 0.1) is 10.1 Å². The summed E-state index contributed by atoms with van der Waals surface area (Å²) in [6.45, 7) is 0.260. The van der Waals surface area contributed by atoms with Crippen molar-refractivity contribution in [2.24, 2.45) is 0 Å². The fourth-order valence-electron chi connectivity index (χ4n) is 1.68. The molecule has 0 heterocycles. The number of nitro groups is 1. The molecule has 0 atom stereocenters. The summed E-state index contributed by atoms with van der Waals surface area (Å²) < 4.78 is 0. The van der Waals surface area contributed by atoms with E-state index in [2.05, 4.69) is 5.32 Å². The number of nitrogens with one attached hydrogen (secondary N) is 1. The van der Waals surface area contributed by atoms with Gasteiger partial charge in [0.15, 0.2) is 0 Å². The molecule has 0 radical (unpaired) electrons. The van der Waals surface area contributed by atoms with E-state index in [-0.39, 0.29) is 12.2 Å². The molecule has 0 saturated heterocycles.